The summed E-state index contributed by atoms with van der Waals surface area (Å²) in [5.41, 5.74) is 7.76. The third kappa shape index (κ3) is 2.02. The second-order valence-electron chi connectivity index (χ2n) is 5.31. The first-order valence-corrected chi connectivity index (χ1v) is 6.35. The molecule has 0 atom stereocenters. The molecule has 0 aromatic heterocycles. The van der Waals surface area contributed by atoms with E-state index in [0.29, 0.717) is 11.8 Å². The lowest BCUT2D eigenvalue weighted by Crippen LogP contribution is -2.53. The fourth-order valence-corrected chi connectivity index (χ4v) is 2.96. The molecule has 2 bridgehead atoms. The third-order valence-corrected chi connectivity index (χ3v) is 4.00. The molecule has 0 unspecified atom stereocenters. The number of benzene rings is 1. The summed E-state index contributed by atoms with van der Waals surface area (Å²) in [5, 5.41) is 0. The summed E-state index contributed by atoms with van der Waals surface area (Å²) in [6.07, 6.45) is 3.18. The largest absolute Gasteiger partial charge is 0.399 e. The second-order valence-corrected chi connectivity index (χ2v) is 5.31. The van der Waals surface area contributed by atoms with Gasteiger partial charge in [-0.1, -0.05) is 12.1 Å². The van der Waals surface area contributed by atoms with Gasteiger partial charge in [-0.25, -0.2) is 0 Å². The predicted molar refractivity (Wildman–Crippen MR) is 67.4 cm³/mol. The van der Waals surface area contributed by atoms with E-state index in [1.165, 1.54) is 5.56 Å². The van der Waals surface area contributed by atoms with E-state index in [0.717, 1.165) is 44.0 Å². The van der Waals surface area contributed by atoms with Crippen molar-refractivity contribution in [1.29, 1.82) is 0 Å². The van der Waals surface area contributed by atoms with E-state index in [9.17, 15) is 4.79 Å². The predicted octanol–water partition coefficient (Wildman–Crippen LogP) is 1.68. The standard InChI is InChI=1S/C14H18N2O/c15-13-3-1-2-10(8-13)4-5-16-9-11-6-12(7-11)14(16)17/h1-3,8,11-12H,4-7,9,15H2. The molecule has 1 amide bonds. The van der Waals surface area contributed by atoms with Crippen LogP contribution in [0.1, 0.15) is 18.4 Å². The minimum Gasteiger partial charge on any atom is -0.399 e. The zero-order valence-corrected chi connectivity index (χ0v) is 9.93. The van der Waals surface area contributed by atoms with Gasteiger partial charge in [-0.05, 0) is 42.9 Å². The number of nitrogens with zero attached hydrogens (tertiary/aromatic N) is 1. The Morgan fingerprint density at radius 1 is 1.35 bits per heavy atom. The number of hydrogen-bond donors (Lipinski definition) is 1. The summed E-state index contributed by atoms with van der Waals surface area (Å²) in [4.78, 5) is 14.0. The van der Waals surface area contributed by atoms with Crippen molar-refractivity contribution >= 4 is 11.6 Å². The summed E-state index contributed by atoms with van der Waals surface area (Å²) in [6.45, 7) is 1.81. The van der Waals surface area contributed by atoms with E-state index in [-0.39, 0.29) is 0 Å². The number of piperidine rings is 2. The van der Waals surface area contributed by atoms with Crippen LogP contribution in [0.5, 0.6) is 0 Å². The summed E-state index contributed by atoms with van der Waals surface area (Å²) in [6, 6.07) is 7.94. The van der Waals surface area contributed by atoms with Crippen LogP contribution in [0.2, 0.25) is 0 Å². The Labute approximate surface area is 102 Å². The molecule has 2 saturated heterocycles. The quantitative estimate of drug-likeness (QED) is 0.803. The van der Waals surface area contributed by atoms with Crippen LogP contribution in [0.15, 0.2) is 24.3 Å². The van der Waals surface area contributed by atoms with Crippen molar-refractivity contribution in [3.63, 3.8) is 0 Å². The molecule has 1 aromatic carbocycles. The average Bonchev–Trinajstić information content (AvgIpc) is 2.26. The molecule has 2 aliphatic heterocycles. The van der Waals surface area contributed by atoms with Crippen molar-refractivity contribution in [2.45, 2.75) is 19.3 Å². The van der Waals surface area contributed by atoms with Crippen LogP contribution in [0.25, 0.3) is 0 Å². The number of nitrogen functional groups attached to an aromatic ring is 1. The molecular formula is C14H18N2O. The molecule has 3 aliphatic rings. The Hall–Kier alpha value is -1.51. The zero-order valence-electron chi connectivity index (χ0n) is 9.93. The minimum absolute atomic E-state index is 0.342. The van der Waals surface area contributed by atoms with Crippen LogP contribution in [0.4, 0.5) is 5.69 Å². The van der Waals surface area contributed by atoms with Crippen molar-refractivity contribution < 1.29 is 4.79 Å². The van der Waals surface area contributed by atoms with Gasteiger partial charge in [-0.3, -0.25) is 4.79 Å². The normalized spacial score (nSPS) is 26.8. The smallest absolute Gasteiger partial charge is 0.225 e. The molecule has 17 heavy (non-hydrogen) atoms. The van der Waals surface area contributed by atoms with E-state index < -0.39 is 0 Å². The van der Waals surface area contributed by atoms with E-state index in [1.54, 1.807) is 0 Å². The Kier molecular flexibility index (Phi) is 2.54. The van der Waals surface area contributed by atoms with Crippen molar-refractivity contribution in [2.24, 2.45) is 11.8 Å². The molecule has 3 heteroatoms. The van der Waals surface area contributed by atoms with Gasteiger partial charge in [0.05, 0.1) is 0 Å². The number of rotatable bonds is 3. The number of hydrogen-bond acceptors (Lipinski definition) is 2. The maximum absolute atomic E-state index is 12.0. The highest BCUT2D eigenvalue weighted by molar-refractivity contribution is 5.81. The van der Waals surface area contributed by atoms with Gasteiger partial charge in [0.2, 0.25) is 5.91 Å². The fraction of sp³-hybridized carbons (Fsp3) is 0.500. The molecule has 4 rings (SSSR count). The molecular weight excluding hydrogens is 212 g/mol. The van der Waals surface area contributed by atoms with Gasteiger partial charge in [-0.15, -0.1) is 0 Å². The molecule has 2 heterocycles. The van der Waals surface area contributed by atoms with Gasteiger partial charge in [0.15, 0.2) is 0 Å². The summed E-state index contributed by atoms with van der Waals surface area (Å²) >= 11 is 0. The lowest BCUT2D eigenvalue weighted by molar-refractivity contribution is -0.148. The van der Waals surface area contributed by atoms with Gasteiger partial charge in [0.25, 0.3) is 0 Å². The molecule has 1 aliphatic carbocycles. The van der Waals surface area contributed by atoms with Gasteiger partial charge < -0.3 is 10.6 Å². The lowest BCUT2D eigenvalue weighted by Gasteiger charge is -2.46. The SMILES string of the molecule is Nc1cccc(CCN2CC3CC(C3)C2=O)c1. The zero-order chi connectivity index (χ0) is 11.8. The maximum atomic E-state index is 12.0. The first-order valence-electron chi connectivity index (χ1n) is 6.35. The molecule has 2 N–H and O–H groups in total. The topological polar surface area (TPSA) is 46.3 Å². The monoisotopic (exact) mass is 230 g/mol. The number of anilines is 1. The molecule has 1 saturated carbocycles. The molecule has 3 fully saturated rings. The number of carbonyl (C=O) groups is 1. The van der Waals surface area contributed by atoms with E-state index in [1.807, 2.05) is 23.1 Å². The van der Waals surface area contributed by atoms with Crippen LogP contribution in [-0.4, -0.2) is 23.9 Å². The third-order valence-electron chi connectivity index (χ3n) is 4.00. The fourth-order valence-electron chi connectivity index (χ4n) is 2.96. The average molecular weight is 230 g/mol. The van der Waals surface area contributed by atoms with Gasteiger partial charge in [0, 0.05) is 24.7 Å². The van der Waals surface area contributed by atoms with Crippen LogP contribution in [0.3, 0.4) is 0 Å². The lowest BCUT2D eigenvalue weighted by atomic mass is 9.70. The van der Waals surface area contributed by atoms with Gasteiger partial charge >= 0.3 is 0 Å². The van der Waals surface area contributed by atoms with Crippen LogP contribution >= 0.6 is 0 Å². The number of carbonyl (C=O) groups excluding carboxylic acids is 1. The van der Waals surface area contributed by atoms with E-state index >= 15 is 0 Å². The highest BCUT2D eigenvalue weighted by atomic mass is 16.2. The number of amides is 1. The van der Waals surface area contributed by atoms with Crippen molar-refractivity contribution in [3.8, 4) is 0 Å². The van der Waals surface area contributed by atoms with Crippen LogP contribution < -0.4 is 5.73 Å². The molecule has 0 spiro atoms. The summed E-state index contributed by atoms with van der Waals surface area (Å²) in [5.74, 6) is 1.49. The van der Waals surface area contributed by atoms with Gasteiger partial charge in [0.1, 0.15) is 0 Å². The highest BCUT2D eigenvalue weighted by Crippen LogP contribution is 2.40. The maximum Gasteiger partial charge on any atom is 0.225 e. The van der Waals surface area contributed by atoms with Crippen LogP contribution in [-0.2, 0) is 11.2 Å². The van der Waals surface area contributed by atoms with Crippen molar-refractivity contribution in [1.82, 2.24) is 4.90 Å². The Morgan fingerprint density at radius 2 is 2.18 bits per heavy atom. The second kappa shape index (κ2) is 4.06. The highest BCUT2D eigenvalue weighted by Gasteiger charge is 2.43. The van der Waals surface area contributed by atoms with E-state index in [4.69, 9.17) is 5.73 Å². The number of nitrogens with two attached hydrogens (primary N) is 1. The summed E-state index contributed by atoms with van der Waals surface area (Å²) in [7, 11) is 0. The number of fused-ring (bicyclic) bond motifs is 2. The molecule has 3 nitrogen and oxygen atoms in total. The Balaban J connectivity index is 1.59. The van der Waals surface area contributed by atoms with Crippen molar-refractivity contribution in [3.05, 3.63) is 29.8 Å². The molecule has 90 valence electrons. The van der Waals surface area contributed by atoms with Gasteiger partial charge in [-0.2, -0.15) is 0 Å². The molecule has 0 radical (unpaired) electrons. The minimum atomic E-state index is 0.342. The van der Waals surface area contributed by atoms with Crippen molar-refractivity contribution in [2.75, 3.05) is 18.8 Å². The Bertz CT molecular complexity index is 438. The Morgan fingerprint density at radius 3 is 2.88 bits per heavy atom. The van der Waals surface area contributed by atoms with E-state index in [2.05, 4.69) is 6.07 Å². The summed E-state index contributed by atoms with van der Waals surface area (Å²) < 4.78 is 0. The van der Waals surface area contributed by atoms with Crippen LogP contribution in [0, 0.1) is 11.8 Å². The molecule has 1 aromatic rings. The first kappa shape index (κ1) is 10.6. The first-order chi connectivity index (χ1) is 8.22.